The molecule has 0 aliphatic carbocycles. The Labute approximate surface area is 221 Å². The predicted octanol–water partition coefficient (Wildman–Crippen LogP) is 4.26. The molecule has 0 radical (unpaired) electrons. The van der Waals surface area contributed by atoms with Gasteiger partial charge in [0.2, 0.25) is 5.91 Å². The van der Waals surface area contributed by atoms with Crippen molar-refractivity contribution < 1.29 is 32.2 Å². The van der Waals surface area contributed by atoms with Gasteiger partial charge in [0.15, 0.2) is 5.75 Å². The fourth-order valence-electron chi connectivity index (χ4n) is 4.76. The average Bonchev–Trinajstić information content (AvgIpc) is 2.88. The Kier molecular flexibility index (Phi) is 7.42. The number of ether oxygens (including phenoxy) is 2. The number of hydrogen-bond acceptors (Lipinski definition) is 6. The van der Waals surface area contributed by atoms with E-state index in [0.29, 0.717) is 44.8 Å². The van der Waals surface area contributed by atoms with Crippen molar-refractivity contribution in [1.82, 2.24) is 14.8 Å². The molecule has 3 aromatic rings. The van der Waals surface area contributed by atoms with E-state index in [1.807, 2.05) is 29.2 Å². The van der Waals surface area contributed by atoms with Gasteiger partial charge >= 0.3 is 6.36 Å². The highest BCUT2D eigenvalue weighted by atomic mass is 35.5. The fourth-order valence-corrected chi connectivity index (χ4v) is 4.93. The standard InChI is InChI=1S/C26H24ClF3N4O4/c27-16-5-6-22(38-26(28,29)30)21(13-16)32-23(35)15-33-8-7-20-18(14-33)24(17-3-1-2-4-19(17)31-20)25(36)34-9-11-37-12-10-34/h1-6,13H,7-12,14-15H2,(H,32,35). The van der Waals surface area contributed by atoms with Gasteiger partial charge < -0.3 is 19.7 Å². The first-order valence-corrected chi connectivity index (χ1v) is 12.4. The lowest BCUT2D eigenvalue weighted by molar-refractivity contribution is -0.274. The molecular weight excluding hydrogens is 525 g/mol. The van der Waals surface area contributed by atoms with E-state index < -0.39 is 18.0 Å². The molecule has 2 aliphatic heterocycles. The third kappa shape index (κ3) is 5.85. The van der Waals surface area contributed by atoms with Crippen molar-refractivity contribution in [3.8, 4) is 5.75 Å². The number of morpholine rings is 1. The Morgan fingerprint density at radius 3 is 2.63 bits per heavy atom. The number of nitrogens with zero attached hydrogens (tertiary/aromatic N) is 3. The summed E-state index contributed by atoms with van der Waals surface area (Å²) in [5.41, 5.74) is 2.66. The zero-order chi connectivity index (χ0) is 26.9. The summed E-state index contributed by atoms with van der Waals surface area (Å²) in [4.78, 5) is 34.9. The Morgan fingerprint density at radius 2 is 1.87 bits per heavy atom. The van der Waals surface area contributed by atoms with Gasteiger partial charge in [-0.25, -0.2) is 0 Å². The number of amides is 2. The zero-order valence-electron chi connectivity index (χ0n) is 20.2. The van der Waals surface area contributed by atoms with E-state index in [0.717, 1.165) is 28.2 Å². The van der Waals surface area contributed by atoms with Crippen molar-refractivity contribution in [3.05, 3.63) is 64.3 Å². The van der Waals surface area contributed by atoms with E-state index in [1.54, 1.807) is 4.90 Å². The molecule has 12 heteroatoms. The number of benzene rings is 2. The number of carbonyl (C=O) groups excluding carboxylic acids is 2. The summed E-state index contributed by atoms with van der Waals surface area (Å²) in [6.07, 6.45) is -4.42. The van der Waals surface area contributed by atoms with Crippen LogP contribution in [-0.2, 0) is 22.5 Å². The predicted molar refractivity (Wildman–Crippen MR) is 134 cm³/mol. The Morgan fingerprint density at radius 1 is 1.11 bits per heavy atom. The summed E-state index contributed by atoms with van der Waals surface area (Å²) in [6, 6.07) is 10.9. The second-order valence-corrected chi connectivity index (χ2v) is 9.47. The maximum Gasteiger partial charge on any atom is 0.573 e. The molecule has 8 nitrogen and oxygen atoms in total. The number of halogens is 4. The molecule has 200 valence electrons. The van der Waals surface area contributed by atoms with E-state index in [-0.39, 0.29) is 29.7 Å². The van der Waals surface area contributed by atoms with Crippen molar-refractivity contribution in [2.75, 3.05) is 44.7 Å². The molecule has 2 aliphatic rings. The molecule has 38 heavy (non-hydrogen) atoms. The molecule has 0 spiro atoms. The first-order chi connectivity index (χ1) is 18.2. The minimum atomic E-state index is -4.93. The minimum Gasteiger partial charge on any atom is -0.404 e. The lowest BCUT2D eigenvalue weighted by Crippen LogP contribution is -2.42. The van der Waals surface area contributed by atoms with Gasteiger partial charge in [0.25, 0.3) is 5.91 Å². The van der Waals surface area contributed by atoms with Gasteiger partial charge in [-0.15, -0.1) is 13.2 Å². The van der Waals surface area contributed by atoms with Crippen LogP contribution in [0.4, 0.5) is 18.9 Å². The molecule has 0 unspecified atom stereocenters. The first kappa shape index (κ1) is 26.2. The Hall–Kier alpha value is -3.41. The van der Waals surface area contributed by atoms with Crippen LogP contribution in [0.25, 0.3) is 10.9 Å². The van der Waals surface area contributed by atoms with Gasteiger partial charge in [-0.2, -0.15) is 0 Å². The largest absolute Gasteiger partial charge is 0.573 e. The molecule has 5 rings (SSSR count). The van der Waals surface area contributed by atoms with Crippen LogP contribution in [0.5, 0.6) is 5.75 Å². The van der Waals surface area contributed by atoms with Gasteiger partial charge in [0.05, 0.1) is 36.5 Å². The van der Waals surface area contributed by atoms with Crippen molar-refractivity contribution in [3.63, 3.8) is 0 Å². The smallest absolute Gasteiger partial charge is 0.404 e. The number of fused-ring (bicyclic) bond motifs is 2. The van der Waals surface area contributed by atoms with E-state index in [2.05, 4.69) is 10.1 Å². The molecule has 0 saturated carbocycles. The average molecular weight is 549 g/mol. The number of anilines is 1. The number of carbonyl (C=O) groups is 2. The molecule has 1 saturated heterocycles. The number of aromatic nitrogens is 1. The quantitative estimate of drug-likeness (QED) is 0.513. The van der Waals surface area contributed by atoms with Crippen molar-refractivity contribution >= 4 is 40.0 Å². The summed E-state index contributed by atoms with van der Waals surface area (Å²) in [5.74, 6) is -1.21. The topological polar surface area (TPSA) is 84.0 Å². The van der Waals surface area contributed by atoms with Gasteiger partial charge in [0.1, 0.15) is 0 Å². The van der Waals surface area contributed by atoms with Gasteiger partial charge in [0, 0.05) is 54.3 Å². The van der Waals surface area contributed by atoms with E-state index in [9.17, 15) is 22.8 Å². The molecule has 1 N–H and O–H groups in total. The number of pyridine rings is 1. The van der Waals surface area contributed by atoms with Crippen LogP contribution < -0.4 is 10.1 Å². The number of nitrogens with one attached hydrogen (secondary N) is 1. The zero-order valence-corrected chi connectivity index (χ0v) is 20.9. The second-order valence-electron chi connectivity index (χ2n) is 9.03. The third-order valence-corrected chi connectivity index (χ3v) is 6.68. The van der Waals surface area contributed by atoms with Crippen molar-refractivity contribution in [2.24, 2.45) is 0 Å². The fraction of sp³-hybridized carbons (Fsp3) is 0.346. The number of hydrogen-bond donors (Lipinski definition) is 1. The monoisotopic (exact) mass is 548 g/mol. The molecule has 0 bridgehead atoms. The minimum absolute atomic E-state index is 0.109. The van der Waals surface area contributed by atoms with E-state index >= 15 is 0 Å². The molecule has 1 fully saturated rings. The summed E-state index contributed by atoms with van der Waals surface area (Å²) < 4.78 is 47.8. The second kappa shape index (κ2) is 10.8. The maximum absolute atomic E-state index is 13.7. The normalized spacial score (nSPS) is 16.3. The van der Waals surface area contributed by atoms with Crippen LogP contribution in [0.15, 0.2) is 42.5 Å². The summed E-state index contributed by atoms with van der Waals surface area (Å²) in [6.45, 7) is 2.55. The van der Waals surface area contributed by atoms with E-state index in [4.69, 9.17) is 21.3 Å². The number of para-hydroxylation sites is 1. The van der Waals surface area contributed by atoms with Crippen molar-refractivity contribution in [1.29, 1.82) is 0 Å². The summed E-state index contributed by atoms with van der Waals surface area (Å²) in [7, 11) is 0. The number of rotatable bonds is 5. The first-order valence-electron chi connectivity index (χ1n) is 12.0. The molecule has 0 atom stereocenters. The van der Waals surface area contributed by atoms with Crippen LogP contribution in [0.1, 0.15) is 21.6 Å². The van der Waals surface area contributed by atoms with E-state index in [1.165, 1.54) is 12.1 Å². The van der Waals surface area contributed by atoms with Gasteiger partial charge in [-0.1, -0.05) is 29.8 Å². The SMILES string of the molecule is O=C(CN1CCc2nc3ccccc3c(C(=O)N3CCOCC3)c2C1)Nc1cc(Cl)ccc1OC(F)(F)F. The van der Waals surface area contributed by atoms with Crippen LogP contribution in [0, 0.1) is 0 Å². The van der Waals surface area contributed by atoms with Crippen LogP contribution >= 0.6 is 11.6 Å². The molecular formula is C26H24ClF3N4O4. The van der Waals surface area contributed by atoms with Gasteiger partial charge in [-0.3, -0.25) is 19.5 Å². The van der Waals surface area contributed by atoms with Gasteiger partial charge in [-0.05, 0) is 24.3 Å². The van der Waals surface area contributed by atoms with Crippen LogP contribution in [0.2, 0.25) is 5.02 Å². The molecule has 2 aromatic carbocycles. The Bertz CT molecular complexity index is 1380. The lowest BCUT2D eigenvalue weighted by atomic mass is 9.94. The Balaban J connectivity index is 1.38. The number of alkyl halides is 3. The maximum atomic E-state index is 13.7. The van der Waals surface area contributed by atoms with Crippen LogP contribution in [-0.4, -0.2) is 72.4 Å². The summed E-state index contributed by atoms with van der Waals surface area (Å²) in [5, 5.41) is 3.35. The highest BCUT2D eigenvalue weighted by Crippen LogP contribution is 2.33. The lowest BCUT2D eigenvalue weighted by Gasteiger charge is -2.32. The van der Waals surface area contributed by atoms with Crippen molar-refractivity contribution in [2.45, 2.75) is 19.3 Å². The molecule has 2 amide bonds. The molecule has 1 aromatic heterocycles. The third-order valence-electron chi connectivity index (χ3n) is 6.45. The highest BCUT2D eigenvalue weighted by Gasteiger charge is 2.33. The summed E-state index contributed by atoms with van der Waals surface area (Å²) >= 11 is 5.93. The van der Waals surface area contributed by atoms with Crippen LogP contribution in [0.3, 0.4) is 0 Å². The molecule has 3 heterocycles. The highest BCUT2D eigenvalue weighted by molar-refractivity contribution is 6.31.